The molecule has 1 N–H and O–H groups in total. The summed E-state index contributed by atoms with van der Waals surface area (Å²) in [6, 6.07) is 7.60. The molecule has 1 aromatic rings. The van der Waals surface area contributed by atoms with Gasteiger partial charge in [0.15, 0.2) is 0 Å². The smallest absolute Gasteiger partial charge is 0.0605 e. The van der Waals surface area contributed by atoms with E-state index < -0.39 is 0 Å². The molecule has 0 aliphatic carbocycles. The minimum absolute atomic E-state index is 0.133. The van der Waals surface area contributed by atoms with Crippen LogP contribution in [0.25, 0.3) is 0 Å². The number of aliphatic hydroxyl groups excluding tert-OH is 1. The Morgan fingerprint density at radius 1 is 1.50 bits per heavy atom. The summed E-state index contributed by atoms with van der Waals surface area (Å²) in [4.78, 5) is 2.00. The molecule has 0 saturated heterocycles. The second-order valence-electron chi connectivity index (χ2n) is 3.76. The number of halogens is 1. The van der Waals surface area contributed by atoms with Crippen molar-refractivity contribution in [2.45, 2.75) is 13.0 Å². The maximum atomic E-state index is 8.95. The molecule has 86 valence electrons. The van der Waals surface area contributed by atoms with Gasteiger partial charge in [-0.2, -0.15) is 0 Å². The minimum Gasteiger partial charge on any atom is -0.395 e. The summed E-state index contributed by atoms with van der Waals surface area (Å²) in [5.74, 6) is 6.09. The van der Waals surface area contributed by atoms with E-state index in [1.54, 1.807) is 0 Å². The standard InChI is InChI=1S/C13H16ClNO/c1-11(10-16)15(2)8-4-6-12-5-3-7-13(14)9-12/h3,5,7,9,11,16H,8,10H2,1-2H3. The Bertz CT molecular complexity index is 394. The molecule has 0 heterocycles. The molecule has 1 aromatic carbocycles. The van der Waals surface area contributed by atoms with E-state index in [0.29, 0.717) is 11.6 Å². The molecule has 1 rings (SSSR count). The lowest BCUT2D eigenvalue weighted by atomic mass is 10.2. The van der Waals surface area contributed by atoms with Gasteiger partial charge in [-0.1, -0.05) is 29.5 Å². The first-order chi connectivity index (χ1) is 7.63. The molecule has 0 bridgehead atoms. The Balaban J connectivity index is 2.55. The fourth-order valence-corrected chi connectivity index (χ4v) is 1.32. The molecule has 0 radical (unpaired) electrons. The summed E-state index contributed by atoms with van der Waals surface area (Å²) in [5.41, 5.74) is 0.914. The Labute approximate surface area is 102 Å². The highest BCUT2D eigenvalue weighted by Gasteiger charge is 2.04. The minimum atomic E-state index is 0.133. The SMILES string of the molecule is CC(CO)N(C)CC#Cc1cccc(Cl)c1. The van der Waals surface area contributed by atoms with Gasteiger partial charge in [0.25, 0.3) is 0 Å². The van der Waals surface area contributed by atoms with Gasteiger partial charge >= 0.3 is 0 Å². The first-order valence-corrected chi connectivity index (χ1v) is 5.57. The predicted molar refractivity (Wildman–Crippen MR) is 67.5 cm³/mol. The zero-order valence-electron chi connectivity index (χ0n) is 9.57. The second-order valence-corrected chi connectivity index (χ2v) is 4.20. The number of aliphatic hydroxyl groups is 1. The lowest BCUT2D eigenvalue weighted by Gasteiger charge is -2.19. The van der Waals surface area contributed by atoms with Crippen LogP contribution in [-0.2, 0) is 0 Å². The number of nitrogens with zero attached hydrogens (tertiary/aromatic N) is 1. The molecule has 2 nitrogen and oxygen atoms in total. The lowest BCUT2D eigenvalue weighted by Crippen LogP contribution is -2.32. The molecule has 0 aliphatic heterocycles. The van der Waals surface area contributed by atoms with Gasteiger partial charge in [-0.25, -0.2) is 0 Å². The van der Waals surface area contributed by atoms with Crippen LogP contribution in [-0.4, -0.2) is 36.2 Å². The molecular weight excluding hydrogens is 222 g/mol. The van der Waals surface area contributed by atoms with Crippen LogP contribution >= 0.6 is 11.6 Å². The molecule has 0 saturated carbocycles. The first-order valence-electron chi connectivity index (χ1n) is 5.19. The van der Waals surface area contributed by atoms with Crippen molar-refractivity contribution < 1.29 is 5.11 Å². The molecule has 0 spiro atoms. The summed E-state index contributed by atoms with van der Waals surface area (Å²) >= 11 is 5.85. The summed E-state index contributed by atoms with van der Waals surface area (Å²) in [6.45, 7) is 2.74. The highest BCUT2D eigenvalue weighted by Crippen LogP contribution is 2.09. The monoisotopic (exact) mass is 237 g/mol. The van der Waals surface area contributed by atoms with Crippen molar-refractivity contribution >= 4 is 11.6 Å². The van der Waals surface area contributed by atoms with Crippen molar-refractivity contribution in [2.24, 2.45) is 0 Å². The Hall–Kier alpha value is -1.01. The maximum Gasteiger partial charge on any atom is 0.0605 e. The fraction of sp³-hybridized carbons (Fsp3) is 0.385. The highest BCUT2D eigenvalue weighted by atomic mass is 35.5. The van der Waals surface area contributed by atoms with E-state index >= 15 is 0 Å². The van der Waals surface area contributed by atoms with Gasteiger partial charge in [0, 0.05) is 16.6 Å². The lowest BCUT2D eigenvalue weighted by molar-refractivity contribution is 0.171. The van der Waals surface area contributed by atoms with E-state index in [4.69, 9.17) is 16.7 Å². The van der Waals surface area contributed by atoms with E-state index in [2.05, 4.69) is 11.8 Å². The third-order valence-corrected chi connectivity index (χ3v) is 2.64. The van der Waals surface area contributed by atoms with Crippen molar-refractivity contribution in [2.75, 3.05) is 20.2 Å². The number of benzene rings is 1. The second kappa shape index (κ2) is 6.55. The Morgan fingerprint density at radius 3 is 2.88 bits per heavy atom. The van der Waals surface area contributed by atoms with Crippen LogP contribution < -0.4 is 0 Å². The highest BCUT2D eigenvalue weighted by molar-refractivity contribution is 6.30. The Kier molecular flexibility index (Phi) is 5.34. The van der Waals surface area contributed by atoms with E-state index in [1.165, 1.54) is 0 Å². The summed E-state index contributed by atoms with van der Waals surface area (Å²) in [6.07, 6.45) is 0. The van der Waals surface area contributed by atoms with E-state index in [1.807, 2.05) is 43.1 Å². The summed E-state index contributed by atoms with van der Waals surface area (Å²) < 4.78 is 0. The van der Waals surface area contributed by atoms with Gasteiger partial charge in [-0.05, 0) is 32.2 Å². The van der Waals surface area contributed by atoms with Crippen LogP contribution in [0.2, 0.25) is 5.02 Å². The van der Waals surface area contributed by atoms with Gasteiger partial charge < -0.3 is 5.11 Å². The van der Waals surface area contributed by atoms with Crippen LogP contribution in [0.5, 0.6) is 0 Å². The van der Waals surface area contributed by atoms with Crippen molar-refractivity contribution in [1.29, 1.82) is 0 Å². The third kappa shape index (κ3) is 4.24. The maximum absolute atomic E-state index is 8.95. The Morgan fingerprint density at radius 2 is 2.25 bits per heavy atom. The topological polar surface area (TPSA) is 23.5 Å². The van der Waals surface area contributed by atoms with Crippen LogP contribution in [0.15, 0.2) is 24.3 Å². The average Bonchev–Trinajstić information content (AvgIpc) is 2.28. The van der Waals surface area contributed by atoms with Crippen molar-refractivity contribution in [1.82, 2.24) is 4.90 Å². The van der Waals surface area contributed by atoms with Gasteiger partial charge in [0.2, 0.25) is 0 Å². The van der Waals surface area contributed by atoms with Gasteiger partial charge in [-0.3, -0.25) is 4.90 Å². The quantitative estimate of drug-likeness (QED) is 0.813. The number of hydrogen-bond donors (Lipinski definition) is 1. The summed E-state index contributed by atoms with van der Waals surface area (Å²) in [5, 5.41) is 9.65. The van der Waals surface area contributed by atoms with Crippen LogP contribution in [0.3, 0.4) is 0 Å². The molecule has 1 unspecified atom stereocenters. The van der Waals surface area contributed by atoms with Crippen LogP contribution in [0, 0.1) is 11.8 Å². The summed E-state index contributed by atoms with van der Waals surface area (Å²) in [7, 11) is 1.94. The van der Waals surface area contributed by atoms with E-state index in [0.717, 1.165) is 5.56 Å². The average molecular weight is 238 g/mol. The fourth-order valence-electron chi connectivity index (χ4n) is 1.13. The predicted octanol–water partition coefficient (Wildman–Crippen LogP) is 2.00. The van der Waals surface area contributed by atoms with Gasteiger partial charge in [-0.15, -0.1) is 0 Å². The van der Waals surface area contributed by atoms with Crippen LogP contribution in [0.4, 0.5) is 0 Å². The number of rotatable bonds is 3. The van der Waals surface area contributed by atoms with E-state index in [-0.39, 0.29) is 12.6 Å². The zero-order valence-corrected chi connectivity index (χ0v) is 10.3. The third-order valence-electron chi connectivity index (χ3n) is 2.40. The van der Waals surface area contributed by atoms with Crippen molar-refractivity contribution in [3.8, 4) is 11.8 Å². The van der Waals surface area contributed by atoms with Crippen molar-refractivity contribution in [3.05, 3.63) is 34.9 Å². The number of hydrogen-bond acceptors (Lipinski definition) is 2. The molecule has 16 heavy (non-hydrogen) atoms. The first kappa shape index (κ1) is 13.1. The van der Waals surface area contributed by atoms with Crippen LogP contribution in [0.1, 0.15) is 12.5 Å². The molecule has 1 atom stereocenters. The molecule has 0 aliphatic rings. The molecule has 3 heteroatoms. The zero-order chi connectivity index (χ0) is 12.0. The molecule has 0 aromatic heterocycles. The largest absolute Gasteiger partial charge is 0.395 e. The van der Waals surface area contributed by atoms with Crippen molar-refractivity contribution in [3.63, 3.8) is 0 Å². The van der Waals surface area contributed by atoms with Gasteiger partial charge in [0.1, 0.15) is 0 Å². The molecular formula is C13H16ClNO. The normalized spacial score (nSPS) is 12.1. The molecule has 0 amide bonds. The van der Waals surface area contributed by atoms with Gasteiger partial charge in [0.05, 0.1) is 13.2 Å². The number of likely N-dealkylation sites (N-methyl/N-ethyl adjacent to an activating group) is 1. The van der Waals surface area contributed by atoms with E-state index in [9.17, 15) is 0 Å². The molecule has 0 fully saturated rings.